The second kappa shape index (κ2) is 6.57. The largest absolute Gasteiger partial charge is 0.248 e. The van der Waals surface area contributed by atoms with E-state index in [0.717, 1.165) is 19.5 Å². The first-order valence-corrected chi connectivity index (χ1v) is 9.68. The molecule has 1 aliphatic rings. The molecule has 2 heterocycles. The van der Waals surface area contributed by atoms with Gasteiger partial charge < -0.3 is 0 Å². The molecule has 0 saturated heterocycles. The zero-order valence-corrected chi connectivity index (χ0v) is 15.6. The molecule has 3 heteroatoms. The lowest BCUT2D eigenvalue weighted by Crippen LogP contribution is -2.34. The predicted octanol–water partition coefficient (Wildman–Crippen LogP) is 4.81. The summed E-state index contributed by atoms with van der Waals surface area (Å²) in [5.41, 5.74) is 5.35. The molecular weight excluding hydrogens is 324 g/mol. The maximum absolute atomic E-state index is 4.73. The molecule has 1 aliphatic heterocycles. The van der Waals surface area contributed by atoms with Gasteiger partial charge in [-0.25, -0.2) is 9.56 Å². The Morgan fingerprint density at radius 2 is 1.80 bits per heavy atom. The zero-order valence-electron chi connectivity index (χ0n) is 14.8. The molecule has 1 unspecified atom stereocenters. The van der Waals surface area contributed by atoms with E-state index in [1.807, 2.05) is 6.20 Å². The van der Waals surface area contributed by atoms with Crippen LogP contribution in [0.3, 0.4) is 0 Å². The topological polar surface area (TPSA) is 15.9 Å². The highest BCUT2D eigenvalue weighted by Crippen LogP contribution is 2.41. The van der Waals surface area contributed by atoms with Gasteiger partial charge in [0.25, 0.3) is 0 Å². The summed E-state index contributed by atoms with van der Waals surface area (Å²) >= 11 is 1.77. The predicted molar refractivity (Wildman–Crippen MR) is 105 cm³/mol. The molecule has 0 amide bonds. The van der Waals surface area contributed by atoms with Crippen LogP contribution in [-0.2, 0) is 12.0 Å². The maximum atomic E-state index is 4.73. The van der Waals surface area contributed by atoms with Crippen LogP contribution < -0.4 is 0 Å². The average molecular weight is 348 g/mol. The van der Waals surface area contributed by atoms with Crippen LogP contribution in [-0.4, -0.2) is 21.8 Å². The summed E-state index contributed by atoms with van der Waals surface area (Å²) in [5, 5.41) is 3.31. The van der Waals surface area contributed by atoms with Crippen LogP contribution in [0.5, 0.6) is 0 Å². The van der Waals surface area contributed by atoms with Gasteiger partial charge in [-0.05, 0) is 12.5 Å². The molecular formula is C22H23N2S+. The first kappa shape index (κ1) is 16.2. The summed E-state index contributed by atoms with van der Waals surface area (Å²) in [6, 6.07) is 19.7. The van der Waals surface area contributed by atoms with Crippen LogP contribution in [0.1, 0.15) is 35.0 Å². The van der Waals surface area contributed by atoms with Gasteiger partial charge in [0.2, 0.25) is 0 Å². The first-order valence-electron chi connectivity index (χ1n) is 8.80. The fourth-order valence-corrected chi connectivity index (χ4v) is 4.87. The molecule has 0 fully saturated rings. The minimum absolute atomic E-state index is 0.0867. The van der Waals surface area contributed by atoms with Gasteiger partial charge in [0, 0.05) is 30.5 Å². The van der Waals surface area contributed by atoms with Crippen molar-refractivity contribution >= 4 is 17.0 Å². The van der Waals surface area contributed by atoms with Gasteiger partial charge in [0.15, 0.2) is 12.3 Å². The number of thiazole rings is 1. The van der Waals surface area contributed by atoms with Crippen molar-refractivity contribution in [2.45, 2.75) is 32.2 Å². The number of benzene rings is 2. The monoisotopic (exact) mass is 347 g/mol. The van der Waals surface area contributed by atoms with Gasteiger partial charge in [-0.2, -0.15) is 0 Å². The highest BCUT2D eigenvalue weighted by molar-refractivity contribution is 7.09. The standard InChI is InChI=1S/C22H23N2S/c1-17-8-10-20(11-9-17)22(21-23-13-15-25-21)12-14-24(18(22)2)16-19-6-4-3-5-7-19/h3-11,13,15H,12,14,16H2,1-2H3/q+1. The van der Waals surface area contributed by atoms with E-state index in [2.05, 4.69) is 78.4 Å². The van der Waals surface area contributed by atoms with Crippen LogP contribution in [0.4, 0.5) is 0 Å². The average Bonchev–Trinajstić information content (AvgIpc) is 3.27. The lowest BCUT2D eigenvalue weighted by Gasteiger charge is -2.24. The molecule has 0 bridgehead atoms. The van der Waals surface area contributed by atoms with Gasteiger partial charge in [-0.3, -0.25) is 0 Å². The van der Waals surface area contributed by atoms with E-state index in [4.69, 9.17) is 4.98 Å². The Morgan fingerprint density at radius 1 is 1.04 bits per heavy atom. The summed E-state index contributed by atoms with van der Waals surface area (Å²) in [4.78, 5) is 4.73. The summed E-state index contributed by atoms with van der Waals surface area (Å²) in [7, 11) is 0. The van der Waals surface area contributed by atoms with Crippen molar-refractivity contribution in [2.75, 3.05) is 6.54 Å². The van der Waals surface area contributed by atoms with Crippen LogP contribution in [0.2, 0.25) is 0 Å². The highest BCUT2D eigenvalue weighted by Gasteiger charge is 2.49. The quantitative estimate of drug-likeness (QED) is 0.618. The molecule has 25 heavy (non-hydrogen) atoms. The Labute approximate surface area is 153 Å². The van der Waals surface area contributed by atoms with Crippen molar-refractivity contribution in [3.05, 3.63) is 87.9 Å². The van der Waals surface area contributed by atoms with Gasteiger partial charge in [0.05, 0.1) is 0 Å². The van der Waals surface area contributed by atoms with Gasteiger partial charge >= 0.3 is 0 Å². The lowest BCUT2D eigenvalue weighted by atomic mass is 9.76. The van der Waals surface area contributed by atoms with Crippen molar-refractivity contribution in [3.63, 3.8) is 0 Å². The third kappa shape index (κ3) is 2.83. The number of hydrogen-bond acceptors (Lipinski definition) is 2. The molecule has 0 spiro atoms. The summed E-state index contributed by atoms with van der Waals surface area (Å²) in [6.45, 7) is 6.46. The normalized spacial score (nSPS) is 20.2. The zero-order chi connectivity index (χ0) is 17.3. The fourth-order valence-electron chi connectivity index (χ4n) is 3.93. The van der Waals surface area contributed by atoms with Crippen LogP contribution in [0, 0.1) is 6.92 Å². The number of aryl methyl sites for hydroxylation is 1. The van der Waals surface area contributed by atoms with E-state index in [1.165, 1.54) is 27.4 Å². The second-order valence-electron chi connectivity index (χ2n) is 6.85. The van der Waals surface area contributed by atoms with E-state index in [-0.39, 0.29) is 5.41 Å². The summed E-state index contributed by atoms with van der Waals surface area (Å²) in [6.07, 6.45) is 3.02. The molecule has 2 nitrogen and oxygen atoms in total. The number of hydrogen-bond donors (Lipinski definition) is 0. The SMILES string of the molecule is CC1=[N+](Cc2ccccc2)CCC1(c1ccc(C)cc1)c1nccs1. The number of rotatable bonds is 4. The fraction of sp³-hybridized carbons (Fsp3) is 0.273. The Morgan fingerprint density at radius 3 is 2.48 bits per heavy atom. The van der Waals surface area contributed by atoms with E-state index in [1.54, 1.807) is 11.3 Å². The Balaban J connectivity index is 1.81. The van der Waals surface area contributed by atoms with Crippen molar-refractivity contribution in [3.8, 4) is 0 Å². The smallest absolute Gasteiger partial charge is 0.168 e. The minimum atomic E-state index is -0.0867. The Hall–Kier alpha value is -2.26. The minimum Gasteiger partial charge on any atom is -0.248 e. The van der Waals surface area contributed by atoms with Crippen molar-refractivity contribution in [1.29, 1.82) is 0 Å². The summed E-state index contributed by atoms with van der Waals surface area (Å²) < 4.78 is 2.52. The molecule has 0 saturated carbocycles. The Kier molecular flexibility index (Phi) is 4.26. The highest BCUT2D eigenvalue weighted by atomic mass is 32.1. The van der Waals surface area contributed by atoms with Gasteiger partial charge in [-0.15, -0.1) is 11.3 Å². The van der Waals surface area contributed by atoms with Crippen LogP contribution in [0.15, 0.2) is 66.2 Å². The lowest BCUT2D eigenvalue weighted by molar-refractivity contribution is -0.536. The molecule has 4 rings (SSSR count). The van der Waals surface area contributed by atoms with Crippen LogP contribution in [0.25, 0.3) is 0 Å². The molecule has 0 aliphatic carbocycles. The first-order chi connectivity index (χ1) is 12.2. The molecule has 0 radical (unpaired) electrons. The van der Waals surface area contributed by atoms with Crippen molar-refractivity contribution in [2.24, 2.45) is 0 Å². The summed E-state index contributed by atoms with van der Waals surface area (Å²) in [5.74, 6) is 0. The second-order valence-corrected chi connectivity index (χ2v) is 7.75. The molecule has 2 aromatic carbocycles. The van der Waals surface area contributed by atoms with Crippen molar-refractivity contribution < 1.29 is 4.58 Å². The van der Waals surface area contributed by atoms with E-state index in [0.29, 0.717) is 0 Å². The van der Waals surface area contributed by atoms with Crippen LogP contribution >= 0.6 is 11.3 Å². The molecule has 0 N–H and O–H groups in total. The van der Waals surface area contributed by atoms with Crippen molar-refractivity contribution in [1.82, 2.24) is 4.98 Å². The molecule has 1 atom stereocenters. The van der Waals surface area contributed by atoms with Gasteiger partial charge in [-0.1, -0.05) is 60.2 Å². The third-order valence-corrected chi connectivity index (χ3v) is 6.34. The van der Waals surface area contributed by atoms with E-state index >= 15 is 0 Å². The molecule has 126 valence electrons. The van der Waals surface area contributed by atoms with Gasteiger partial charge in [0.1, 0.15) is 17.0 Å². The number of aromatic nitrogens is 1. The Bertz CT molecular complexity index is 880. The van der Waals surface area contributed by atoms with E-state index in [9.17, 15) is 0 Å². The van der Waals surface area contributed by atoms with E-state index < -0.39 is 0 Å². The molecule has 3 aromatic rings. The maximum Gasteiger partial charge on any atom is 0.168 e. The molecule has 1 aromatic heterocycles. The number of nitrogens with zero attached hydrogens (tertiary/aromatic N) is 2. The third-order valence-electron chi connectivity index (χ3n) is 5.41.